The number of carbonyl (C=O) groups excluding carboxylic acids is 4. The highest BCUT2D eigenvalue weighted by atomic mass is 16.5. The molecule has 2 heterocycles. The van der Waals surface area contributed by atoms with Crippen LogP contribution < -0.4 is 14.5 Å². The molecule has 3 amide bonds. The molecule has 2 aliphatic heterocycles. The van der Waals surface area contributed by atoms with E-state index in [0.29, 0.717) is 5.69 Å². The van der Waals surface area contributed by atoms with E-state index in [1.807, 2.05) is 32.0 Å². The molecule has 7 heteroatoms. The van der Waals surface area contributed by atoms with Crippen LogP contribution in [0.2, 0.25) is 0 Å². The third-order valence-electron chi connectivity index (χ3n) is 6.04. The SMILES string of the molecule is CCc1cccc(CC)c1N1C[C@@H](C(=O)Oc2cccc(N3C(=O)CCC3=O)c2)CC1=O. The number of imide groups is 1. The number of nitrogens with zero attached hydrogens (tertiary/aromatic N) is 2. The molecule has 0 N–H and O–H groups in total. The minimum Gasteiger partial charge on any atom is -0.426 e. The van der Waals surface area contributed by atoms with Crippen LogP contribution >= 0.6 is 0 Å². The van der Waals surface area contributed by atoms with Gasteiger partial charge in [-0.2, -0.15) is 0 Å². The molecule has 32 heavy (non-hydrogen) atoms. The molecule has 2 aromatic carbocycles. The van der Waals surface area contributed by atoms with Crippen LogP contribution in [0.25, 0.3) is 0 Å². The summed E-state index contributed by atoms with van der Waals surface area (Å²) in [6, 6.07) is 12.4. The van der Waals surface area contributed by atoms with Crippen molar-refractivity contribution in [2.45, 2.75) is 46.0 Å². The number of rotatable bonds is 6. The molecular formula is C25H26N2O5. The van der Waals surface area contributed by atoms with E-state index in [1.54, 1.807) is 23.1 Å². The molecule has 0 radical (unpaired) electrons. The summed E-state index contributed by atoms with van der Waals surface area (Å²) in [6.07, 6.45) is 2.04. The first-order valence-corrected chi connectivity index (χ1v) is 11.0. The Morgan fingerprint density at radius 3 is 2.19 bits per heavy atom. The number of benzene rings is 2. The number of esters is 1. The standard InChI is InChI=1S/C25H26N2O5/c1-3-16-7-5-8-17(4-2)24(16)26-15-18(13-23(26)30)25(31)32-20-10-6-9-19(14-20)27-21(28)11-12-22(27)29/h5-10,14,18H,3-4,11-13,15H2,1-2H3/t18-/m0/s1. The predicted octanol–water partition coefficient (Wildman–Crippen LogP) is 3.42. The van der Waals surface area contributed by atoms with Gasteiger partial charge in [0.2, 0.25) is 17.7 Å². The van der Waals surface area contributed by atoms with Crippen LogP contribution in [0.15, 0.2) is 42.5 Å². The number of amides is 3. The number of ether oxygens (including phenoxy) is 1. The maximum absolute atomic E-state index is 12.9. The smallest absolute Gasteiger partial charge is 0.316 e. The van der Waals surface area contributed by atoms with E-state index in [2.05, 4.69) is 0 Å². The minimum absolute atomic E-state index is 0.0861. The Bertz CT molecular complexity index is 1060. The summed E-state index contributed by atoms with van der Waals surface area (Å²) in [5.74, 6) is -1.47. The van der Waals surface area contributed by atoms with Crippen molar-refractivity contribution in [3.63, 3.8) is 0 Å². The number of carbonyl (C=O) groups is 4. The molecule has 166 valence electrons. The van der Waals surface area contributed by atoms with Crippen LogP contribution in [0.1, 0.15) is 44.2 Å². The zero-order valence-electron chi connectivity index (χ0n) is 18.3. The second-order valence-electron chi connectivity index (χ2n) is 8.08. The van der Waals surface area contributed by atoms with Crippen LogP contribution in [-0.2, 0) is 32.0 Å². The Kier molecular flexibility index (Phi) is 6.08. The molecule has 1 atom stereocenters. The zero-order chi connectivity index (χ0) is 22.8. The Morgan fingerprint density at radius 2 is 1.56 bits per heavy atom. The number of para-hydroxylation sites is 1. The van der Waals surface area contributed by atoms with Crippen molar-refractivity contribution in [3.8, 4) is 5.75 Å². The van der Waals surface area contributed by atoms with Gasteiger partial charge in [0.1, 0.15) is 5.75 Å². The molecule has 0 unspecified atom stereocenters. The fraction of sp³-hybridized carbons (Fsp3) is 0.360. The lowest BCUT2D eigenvalue weighted by molar-refractivity contribution is -0.139. The van der Waals surface area contributed by atoms with Gasteiger partial charge >= 0.3 is 5.97 Å². The van der Waals surface area contributed by atoms with E-state index in [9.17, 15) is 19.2 Å². The second-order valence-corrected chi connectivity index (χ2v) is 8.08. The van der Waals surface area contributed by atoms with E-state index in [0.717, 1.165) is 34.6 Å². The van der Waals surface area contributed by atoms with Crippen molar-refractivity contribution in [2.24, 2.45) is 5.92 Å². The third kappa shape index (κ3) is 4.02. The van der Waals surface area contributed by atoms with Gasteiger partial charge < -0.3 is 9.64 Å². The fourth-order valence-corrected chi connectivity index (χ4v) is 4.39. The topological polar surface area (TPSA) is 84.0 Å². The van der Waals surface area contributed by atoms with Gasteiger partial charge in [-0.1, -0.05) is 38.1 Å². The van der Waals surface area contributed by atoms with Crippen molar-refractivity contribution in [1.29, 1.82) is 0 Å². The molecule has 0 bridgehead atoms. The van der Waals surface area contributed by atoms with Gasteiger partial charge in [-0.15, -0.1) is 0 Å². The van der Waals surface area contributed by atoms with Crippen LogP contribution in [-0.4, -0.2) is 30.2 Å². The fourth-order valence-electron chi connectivity index (χ4n) is 4.39. The van der Waals surface area contributed by atoms with Crippen molar-refractivity contribution in [1.82, 2.24) is 0 Å². The highest BCUT2D eigenvalue weighted by molar-refractivity contribution is 6.19. The normalized spacial score (nSPS) is 18.6. The third-order valence-corrected chi connectivity index (χ3v) is 6.04. The maximum atomic E-state index is 12.9. The molecule has 0 spiro atoms. The van der Waals surface area contributed by atoms with Gasteiger partial charge in [-0.05, 0) is 36.1 Å². The van der Waals surface area contributed by atoms with Crippen molar-refractivity contribution in [2.75, 3.05) is 16.3 Å². The molecule has 2 saturated heterocycles. The molecule has 4 rings (SSSR count). The van der Waals surface area contributed by atoms with Gasteiger partial charge in [0.25, 0.3) is 0 Å². The summed E-state index contributed by atoms with van der Waals surface area (Å²) >= 11 is 0. The number of aryl methyl sites for hydroxylation is 2. The van der Waals surface area contributed by atoms with Gasteiger partial charge in [-0.3, -0.25) is 24.1 Å². The Hall–Kier alpha value is -3.48. The summed E-state index contributed by atoms with van der Waals surface area (Å²) in [5.41, 5.74) is 3.46. The van der Waals surface area contributed by atoms with Crippen LogP contribution in [0.3, 0.4) is 0 Å². The largest absolute Gasteiger partial charge is 0.426 e. The lowest BCUT2D eigenvalue weighted by atomic mass is 10.0. The van der Waals surface area contributed by atoms with Gasteiger partial charge in [0.05, 0.1) is 11.6 Å². The van der Waals surface area contributed by atoms with Gasteiger partial charge in [0, 0.05) is 37.6 Å². The molecule has 2 fully saturated rings. The highest BCUT2D eigenvalue weighted by Gasteiger charge is 2.38. The van der Waals surface area contributed by atoms with E-state index >= 15 is 0 Å². The molecular weight excluding hydrogens is 408 g/mol. The van der Waals surface area contributed by atoms with Gasteiger partial charge in [0.15, 0.2) is 0 Å². The summed E-state index contributed by atoms with van der Waals surface area (Å²) < 4.78 is 5.55. The lowest BCUT2D eigenvalue weighted by Gasteiger charge is -2.23. The van der Waals surface area contributed by atoms with E-state index in [-0.39, 0.29) is 49.3 Å². The van der Waals surface area contributed by atoms with Crippen LogP contribution in [0, 0.1) is 5.92 Å². The highest BCUT2D eigenvalue weighted by Crippen LogP contribution is 2.33. The monoisotopic (exact) mass is 434 g/mol. The molecule has 7 nitrogen and oxygen atoms in total. The van der Waals surface area contributed by atoms with E-state index < -0.39 is 11.9 Å². The summed E-state index contributed by atoms with van der Waals surface area (Å²) in [6.45, 7) is 4.37. The number of hydrogen-bond acceptors (Lipinski definition) is 5. The second kappa shape index (κ2) is 8.94. The Labute approximate surface area is 187 Å². The predicted molar refractivity (Wildman–Crippen MR) is 119 cm³/mol. The van der Waals surface area contributed by atoms with Crippen LogP contribution in [0.5, 0.6) is 5.75 Å². The van der Waals surface area contributed by atoms with Gasteiger partial charge in [-0.25, -0.2) is 0 Å². The average Bonchev–Trinajstić information content (AvgIpc) is 3.34. The molecule has 0 aliphatic carbocycles. The molecule has 2 aromatic rings. The summed E-state index contributed by atoms with van der Waals surface area (Å²) in [5, 5.41) is 0. The number of anilines is 2. The quantitative estimate of drug-likeness (QED) is 0.395. The van der Waals surface area contributed by atoms with E-state index in [1.165, 1.54) is 6.07 Å². The molecule has 2 aliphatic rings. The van der Waals surface area contributed by atoms with Crippen molar-refractivity contribution < 1.29 is 23.9 Å². The average molecular weight is 434 g/mol. The number of hydrogen-bond donors (Lipinski definition) is 0. The molecule has 0 saturated carbocycles. The first kappa shape index (κ1) is 21.7. The zero-order valence-corrected chi connectivity index (χ0v) is 18.3. The maximum Gasteiger partial charge on any atom is 0.316 e. The summed E-state index contributed by atoms with van der Waals surface area (Å²) in [4.78, 5) is 52.5. The van der Waals surface area contributed by atoms with Crippen molar-refractivity contribution in [3.05, 3.63) is 53.6 Å². The Balaban J connectivity index is 1.51. The summed E-state index contributed by atoms with van der Waals surface area (Å²) in [7, 11) is 0. The minimum atomic E-state index is -0.587. The Morgan fingerprint density at radius 1 is 0.938 bits per heavy atom. The first-order valence-electron chi connectivity index (χ1n) is 11.0. The lowest BCUT2D eigenvalue weighted by Crippen LogP contribution is -2.29. The molecule has 0 aromatic heterocycles. The van der Waals surface area contributed by atoms with E-state index in [4.69, 9.17) is 4.74 Å². The first-order chi connectivity index (χ1) is 15.4. The van der Waals surface area contributed by atoms with Crippen LogP contribution in [0.4, 0.5) is 11.4 Å². The van der Waals surface area contributed by atoms with Crippen molar-refractivity contribution >= 4 is 35.1 Å².